The maximum atomic E-state index is 9.93. The average molecular weight is 252 g/mol. The first-order valence-electron chi connectivity index (χ1n) is 6.28. The van der Waals surface area contributed by atoms with Crippen molar-refractivity contribution in [2.75, 3.05) is 20.7 Å². The first-order chi connectivity index (χ1) is 8.54. The Kier molecular flexibility index (Phi) is 5.59. The fourth-order valence-electron chi connectivity index (χ4n) is 2.04. The number of aliphatic hydroxyl groups is 1. The van der Waals surface area contributed by atoms with E-state index < -0.39 is 6.10 Å². The van der Waals surface area contributed by atoms with E-state index in [2.05, 4.69) is 25.2 Å². The Balaban J connectivity index is 3.14. The summed E-state index contributed by atoms with van der Waals surface area (Å²) in [5.74, 6) is 1.23. The van der Waals surface area contributed by atoms with E-state index in [1.165, 1.54) is 5.56 Å². The molecule has 1 aromatic carbocycles. The first kappa shape index (κ1) is 15.0. The predicted octanol–water partition coefficient (Wildman–Crippen LogP) is 1.40. The van der Waals surface area contributed by atoms with Crippen LogP contribution in [-0.2, 0) is 0 Å². The van der Waals surface area contributed by atoms with Crippen LogP contribution in [0.2, 0.25) is 0 Å². The van der Waals surface area contributed by atoms with Crippen LogP contribution in [-0.4, -0.2) is 31.9 Å². The summed E-state index contributed by atoms with van der Waals surface area (Å²) in [6.45, 7) is 4.48. The lowest BCUT2D eigenvalue weighted by molar-refractivity contribution is 0.137. The fraction of sp³-hybridized carbons (Fsp3) is 0.571. The summed E-state index contributed by atoms with van der Waals surface area (Å²) in [6, 6.07) is 5.86. The van der Waals surface area contributed by atoms with Crippen LogP contribution in [0, 0.1) is 0 Å². The van der Waals surface area contributed by atoms with Crippen LogP contribution in [0.4, 0.5) is 0 Å². The fourth-order valence-corrected chi connectivity index (χ4v) is 2.04. The molecule has 0 saturated heterocycles. The molecule has 0 fully saturated rings. The van der Waals surface area contributed by atoms with E-state index in [0.717, 1.165) is 11.3 Å². The zero-order valence-corrected chi connectivity index (χ0v) is 11.6. The zero-order valence-electron chi connectivity index (χ0n) is 11.6. The van der Waals surface area contributed by atoms with Gasteiger partial charge in [-0.2, -0.15) is 0 Å². The van der Waals surface area contributed by atoms with Crippen LogP contribution in [0.1, 0.15) is 36.9 Å². The molecule has 2 unspecified atom stereocenters. The monoisotopic (exact) mass is 252 g/mol. The predicted molar refractivity (Wildman–Crippen MR) is 73.9 cm³/mol. The van der Waals surface area contributed by atoms with E-state index >= 15 is 0 Å². The van der Waals surface area contributed by atoms with Crippen LogP contribution in [0.15, 0.2) is 18.2 Å². The second kappa shape index (κ2) is 6.73. The van der Waals surface area contributed by atoms with Gasteiger partial charge in [-0.25, -0.2) is 0 Å². The van der Waals surface area contributed by atoms with E-state index in [1.54, 1.807) is 14.2 Å². The normalized spacial score (nSPS) is 14.6. The van der Waals surface area contributed by atoms with Gasteiger partial charge < -0.3 is 20.9 Å². The minimum Gasteiger partial charge on any atom is -0.496 e. The highest BCUT2D eigenvalue weighted by molar-refractivity contribution is 5.41. The molecule has 0 aromatic heterocycles. The van der Waals surface area contributed by atoms with Crippen LogP contribution in [0.25, 0.3) is 0 Å². The summed E-state index contributed by atoms with van der Waals surface area (Å²) >= 11 is 0. The van der Waals surface area contributed by atoms with Crippen molar-refractivity contribution in [1.29, 1.82) is 0 Å². The topological polar surface area (TPSA) is 67.5 Å². The lowest BCUT2D eigenvalue weighted by Crippen LogP contribution is -2.35. The SMILES string of the molecule is CNC(c1ccc(C(C)C)cc1OC)C(O)CN. The molecule has 1 rings (SSSR count). The number of nitrogens with one attached hydrogen (secondary N) is 1. The molecule has 102 valence electrons. The molecule has 0 bridgehead atoms. The number of hydrogen-bond donors (Lipinski definition) is 3. The van der Waals surface area contributed by atoms with Crippen LogP contribution in [0.5, 0.6) is 5.75 Å². The molecule has 4 nitrogen and oxygen atoms in total. The van der Waals surface area contributed by atoms with Gasteiger partial charge in [-0.15, -0.1) is 0 Å². The Morgan fingerprint density at radius 3 is 2.50 bits per heavy atom. The highest BCUT2D eigenvalue weighted by atomic mass is 16.5. The third-order valence-corrected chi connectivity index (χ3v) is 3.20. The molecule has 0 radical (unpaired) electrons. The molecule has 0 aliphatic rings. The van der Waals surface area contributed by atoms with Gasteiger partial charge in [-0.1, -0.05) is 26.0 Å². The van der Waals surface area contributed by atoms with E-state index in [4.69, 9.17) is 10.5 Å². The Morgan fingerprint density at radius 1 is 1.39 bits per heavy atom. The lowest BCUT2D eigenvalue weighted by atomic mass is 9.95. The maximum absolute atomic E-state index is 9.93. The number of nitrogens with two attached hydrogens (primary N) is 1. The summed E-state index contributed by atoms with van der Waals surface area (Å²) in [6.07, 6.45) is -0.631. The molecule has 4 heteroatoms. The van der Waals surface area contributed by atoms with Crippen molar-refractivity contribution < 1.29 is 9.84 Å². The van der Waals surface area contributed by atoms with Crippen LogP contribution in [0.3, 0.4) is 0 Å². The Bertz CT molecular complexity index is 380. The quantitative estimate of drug-likeness (QED) is 0.716. The summed E-state index contributed by atoms with van der Waals surface area (Å²) < 4.78 is 5.42. The largest absolute Gasteiger partial charge is 0.496 e. The molecule has 18 heavy (non-hydrogen) atoms. The van der Waals surface area contributed by atoms with Crippen LogP contribution < -0.4 is 15.8 Å². The number of rotatable bonds is 6. The van der Waals surface area contributed by atoms with Gasteiger partial charge >= 0.3 is 0 Å². The number of aliphatic hydroxyl groups excluding tert-OH is 1. The van der Waals surface area contributed by atoms with Crippen molar-refractivity contribution in [3.63, 3.8) is 0 Å². The second-order valence-electron chi connectivity index (χ2n) is 4.73. The van der Waals surface area contributed by atoms with Crippen molar-refractivity contribution in [2.24, 2.45) is 5.73 Å². The number of likely N-dealkylation sites (N-methyl/N-ethyl adjacent to an activating group) is 1. The zero-order chi connectivity index (χ0) is 13.7. The standard InChI is InChI=1S/C14H24N2O2/c1-9(2)10-5-6-11(13(7-10)18-4)14(16-3)12(17)8-15/h5-7,9,12,14,16-17H,8,15H2,1-4H3. The summed E-state index contributed by atoms with van der Waals surface area (Å²) in [5.41, 5.74) is 7.67. The van der Waals surface area contributed by atoms with Gasteiger partial charge in [0.1, 0.15) is 5.75 Å². The van der Waals surface area contributed by atoms with Gasteiger partial charge in [0.05, 0.1) is 19.3 Å². The van der Waals surface area contributed by atoms with E-state index in [1.807, 2.05) is 12.1 Å². The van der Waals surface area contributed by atoms with Crippen molar-refractivity contribution in [3.8, 4) is 5.75 Å². The molecule has 2 atom stereocenters. The minimum absolute atomic E-state index is 0.209. The Labute approximate surface area is 109 Å². The summed E-state index contributed by atoms with van der Waals surface area (Å²) in [7, 11) is 3.45. The summed E-state index contributed by atoms with van der Waals surface area (Å²) in [5, 5.41) is 13.0. The highest BCUT2D eigenvalue weighted by Gasteiger charge is 2.22. The molecule has 0 aliphatic heterocycles. The van der Waals surface area contributed by atoms with Crippen molar-refractivity contribution in [3.05, 3.63) is 29.3 Å². The second-order valence-corrected chi connectivity index (χ2v) is 4.73. The van der Waals surface area contributed by atoms with E-state index in [0.29, 0.717) is 5.92 Å². The molecule has 0 aliphatic carbocycles. The van der Waals surface area contributed by atoms with Gasteiger partial charge in [0, 0.05) is 12.1 Å². The Hall–Kier alpha value is -1.10. The molecule has 0 spiro atoms. The first-order valence-corrected chi connectivity index (χ1v) is 6.28. The van der Waals surface area contributed by atoms with Crippen molar-refractivity contribution >= 4 is 0 Å². The highest BCUT2D eigenvalue weighted by Crippen LogP contribution is 2.30. The molecular formula is C14H24N2O2. The van der Waals surface area contributed by atoms with Crippen molar-refractivity contribution in [2.45, 2.75) is 31.9 Å². The number of benzene rings is 1. The van der Waals surface area contributed by atoms with Gasteiger partial charge in [0.2, 0.25) is 0 Å². The number of ether oxygens (including phenoxy) is 1. The van der Waals surface area contributed by atoms with Gasteiger partial charge in [-0.05, 0) is 24.6 Å². The molecule has 0 saturated carbocycles. The third kappa shape index (κ3) is 3.22. The molecule has 4 N–H and O–H groups in total. The van der Waals surface area contributed by atoms with Crippen LogP contribution >= 0.6 is 0 Å². The molecule has 1 aromatic rings. The summed E-state index contributed by atoms with van der Waals surface area (Å²) in [4.78, 5) is 0. The molecular weight excluding hydrogens is 228 g/mol. The maximum Gasteiger partial charge on any atom is 0.124 e. The van der Waals surface area contributed by atoms with E-state index in [9.17, 15) is 5.11 Å². The molecule has 0 heterocycles. The molecule has 0 amide bonds. The van der Waals surface area contributed by atoms with Gasteiger partial charge in [0.15, 0.2) is 0 Å². The number of methoxy groups -OCH3 is 1. The average Bonchev–Trinajstić information content (AvgIpc) is 2.39. The smallest absolute Gasteiger partial charge is 0.124 e. The van der Waals surface area contributed by atoms with Crippen molar-refractivity contribution in [1.82, 2.24) is 5.32 Å². The Morgan fingerprint density at radius 2 is 2.06 bits per heavy atom. The third-order valence-electron chi connectivity index (χ3n) is 3.20. The van der Waals surface area contributed by atoms with Gasteiger partial charge in [-0.3, -0.25) is 0 Å². The van der Waals surface area contributed by atoms with E-state index in [-0.39, 0.29) is 12.6 Å². The lowest BCUT2D eigenvalue weighted by Gasteiger charge is -2.24. The number of hydrogen-bond acceptors (Lipinski definition) is 4. The minimum atomic E-state index is -0.631. The van der Waals surface area contributed by atoms with Gasteiger partial charge in [0.25, 0.3) is 0 Å².